The highest BCUT2D eigenvalue weighted by molar-refractivity contribution is 5.95. The minimum atomic E-state index is -4.64. The maximum Gasteiger partial charge on any atom is 0.451 e. The van der Waals surface area contributed by atoms with Crippen LogP contribution in [0, 0.1) is 12.8 Å². The van der Waals surface area contributed by atoms with E-state index in [1.165, 1.54) is 19.2 Å². The predicted molar refractivity (Wildman–Crippen MR) is 113 cm³/mol. The van der Waals surface area contributed by atoms with Gasteiger partial charge in [-0.25, -0.2) is 9.97 Å². The van der Waals surface area contributed by atoms with Crippen molar-refractivity contribution in [3.63, 3.8) is 0 Å². The molecule has 1 fully saturated rings. The number of alkyl halides is 3. The van der Waals surface area contributed by atoms with E-state index in [1.54, 1.807) is 17.9 Å². The number of aromatic nitrogens is 4. The van der Waals surface area contributed by atoms with Gasteiger partial charge < -0.3 is 16.0 Å². The first-order valence-electron chi connectivity index (χ1n) is 10.6. The summed E-state index contributed by atoms with van der Waals surface area (Å²) in [4.78, 5) is 33.6. The van der Waals surface area contributed by atoms with Crippen LogP contribution in [0.25, 0.3) is 0 Å². The quantitative estimate of drug-likeness (QED) is 0.669. The fraction of sp³-hybridized carbons (Fsp3) is 0.524. The minimum absolute atomic E-state index is 0.137. The Balaban J connectivity index is 1.49. The number of nitrogens with one attached hydrogen (secondary N) is 1. The number of carbonyl (C=O) groups excluding carboxylic acids is 2. The molecule has 1 saturated heterocycles. The van der Waals surface area contributed by atoms with E-state index in [9.17, 15) is 22.8 Å². The number of rotatable bonds is 6. The summed E-state index contributed by atoms with van der Waals surface area (Å²) in [5.41, 5.74) is 6.66. The number of likely N-dealkylation sites (tertiary alicyclic amines) is 1. The van der Waals surface area contributed by atoms with Gasteiger partial charge in [-0.05, 0) is 57.6 Å². The normalized spacial score (nSPS) is 15.8. The Labute approximate surface area is 189 Å². The van der Waals surface area contributed by atoms with Crippen molar-refractivity contribution in [2.24, 2.45) is 5.92 Å². The average molecular weight is 465 g/mol. The number of carbonyl (C=O) groups is 2. The van der Waals surface area contributed by atoms with Crippen LogP contribution in [-0.2, 0) is 17.4 Å². The highest BCUT2D eigenvalue weighted by Crippen LogP contribution is 2.30. The number of anilines is 1. The van der Waals surface area contributed by atoms with Gasteiger partial charge in [-0.15, -0.1) is 5.10 Å². The molecule has 12 heteroatoms. The largest absolute Gasteiger partial charge is 0.451 e. The minimum Gasteiger partial charge on any atom is -0.383 e. The number of piperidine rings is 1. The third-order valence-corrected chi connectivity index (χ3v) is 5.75. The molecule has 2 aromatic heterocycles. The van der Waals surface area contributed by atoms with Crippen molar-refractivity contribution >= 4 is 17.6 Å². The lowest BCUT2D eigenvalue weighted by Crippen LogP contribution is -2.49. The molecule has 1 aliphatic heterocycles. The molecule has 0 saturated carbocycles. The first kappa shape index (κ1) is 24.3. The number of nitrogens with two attached hydrogens (primary N) is 1. The SMILES string of the molecule is Cc1nc(C(F)(F)F)nc(N)c1CCC1CCN(C(=O)C(C)NC(=O)c2cccnn2)CC1. The van der Waals surface area contributed by atoms with E-state index in [0.717, 1.165) is 12.8 Å². The second kappa shape index (κ2) is 10.1. The lowest BCUT2D eigenvalue weighted by Gasteiger charge is -2.33. The molecular formula is C21H26F3N7O2. The number of aryl methyl sites for hydroxylation is 1. The maximum absolute atomic E-state index is 12.8. The number of nitrogen functional groups attached to an aromatic ring is 1. The van der Waals surface area contributed by atoms with Crippen LogP contribution >= 0.6 is 0 Å². The summed E-state index contributed by atoms with van der Waals surface area (Å²) >= 11 is 0. The molecule has 0 radical (unpaired) electrons. The van der Waals surface area contributed by atoms with Crippen LogP contribution < -0.4 is 11.1 Å². The second-order valence-electron chi connectivity index (χ2n) is 8.11. The standard InChI is InChI=1S/C21H26F3N7O2/c1-12-15(17(25)29-20(28-12)21(22,23)24)6-5-14-7-10-31(11-8-14)19(33)13(2)27-18(32)16-4-3-9-26-30-16/h3-4,9,13-14H,5-8,10-11H2,1-2H3,(H,27,32)(H2,25,28,29). The van der Waals surface area contributed by atoms with Gasteiger partial charge in [0.05, 0.1) is 0 Å². The van der Waals surface area contributed by atoms with Crippen molar-refractivity contribution in [1.82, 2.24) is 30.4 Å². The number of hydrogen-bond acceptors (Lipinski definition) is 7. The van der Waals surface area contributed by atoms with Crippen molar-refractivity contribution in [3.05, 3.63) is 41.1 Å². The van der Waals surface area contributed by atoms with Gasteiger partial charge in [0.2, 0.25) is 11.7 Å². The highest BCUT2D eigenvalue weighted by Gasteiger charge is 2.36. The molecule has 0 aliphatic carbocycles. The molecule has 33 heavy (non-hydrogen) atoms. The van der Waals surface area contributed by atoms with Crippen molar-refractivity contribution in [2.45, 2.75) is 51.7 Å². The fourth-order valence-corrected chi connectivity index (χ4v) is 3.87. The Hall–Kier alpha value is -3.31. The second-order valence-corrected chi connectivity index (χ2v) is 8.11. The molecule has 3 heterocycles. The van der Waals surface area contributed by atoms with Crippen molar-refractivity contribution in [2.75, 3.05) is 18.8 Å². The maximum atomic E-state index is 12.8. The van der Waals surface area contributed by atoms with Crippen molar-refractivity contribution in [3.8, 4) is 0 Å². The molecular weight excluding hydrogens is 439 g/mol. The van der Waals surface area contributed by atoms with Gasteiger partial charge in [0, 0.05) is 30.5 Å². The van der Waals surface area contributed by atoms with Crippen molar-refractivity contribution < 1.29 is 22.8 Å². The number of hydrogen-bond donors (Lipinski definition) is 2. The molecule has 1 unspecified atom stereocenters. The fourth-order valence-electron chi connectivity index (χ4n) is 3.87. The van der Waals surface area contributed by atoms with E-state index >= 15 is 0 Å². The number of halogens is 3. The van der Waals surface area contributed by atoms with Gasteiger partial charge >= 0.3 is 6.18 Å². The van der Waals surface area contributed by atoms with Crippen LogP contribution in [0.4, 0.5) is 19.0 Å². The third-order valence-electron chi connectivity index (χ3n) is 5.75. The Bertz CT molecular complexity index is 970. The third kappa shape index (κ3) is 6.14. The zero-order valence-corrected chi connectivity index (χ0v) is 18.4. The van der Waals surface area contributed by atoms with Gasteiger partial charge in [-0.3, -0.25) is 9.59 Å². The molecule has 0 aromatic carbocycles. The molecule has 2 aromatic rings. The van der Waals surface area contributed by atoms with E-state index in [4.69, 9.17) is 5.73 Å². The van der Waals surface area contributed by atoms with E-state index in [1.807, 2.05) is 0 Å². The monoisotopic (exact) mass is 465 g/mol. The van der Waals surface area contributed by atoms with Crippen molar-refractivity contribution in [1.29, 1.82) is 0 Å². The summed E-state index contributed by atoms with van der Waals surface area (Å²) in [6, 6.07) is 2.40. The van der Waals surface area contributed by atoms with Gasteiger partial charge in [-0.1, -0.05) is 0 Å². The zero-order valence-electron chi connectivity index (χ0n) is 18.4. The van der Waals surface area contributed by atoms with Crippen LogP contribution in [0.5, 0.6) is 0 Å². The summed E-state index contributed by atoms with van der Waals surface area (Å²) in [5, 5.41) is 10.0. The Morgan fingerprint density at radius 3 is 2.55 bits per heavy atom. The van der Waals surface area contributed by atoms with Crippen LogP contribution in [-0.4, -0.2) is 56.0 Å². The summed E-state index contributed by atoms with van der Waals surface area (Å²) in [5.74, 6) is -1.73. The predicted octanol–water partition coefficient (Wildman–Crippen LogP) is 2.17. The smallest absolute Gasteiger partial charge is 0.383 e. The molecule has 1 atom stereocenters. The Kier molecular flexibility index (Phi) is 7.44. The van der Waals surface area contributed by atoms with Crippen LogP contribution in [0.2, 0.25) is 0 Å². The topological polar surface area (TPSA) is 127 Å². The molecule has 3 N–H and O–H groups in total. The van der Waals surface area contributed by atoms with E-state index in [-0.39, 0.29) is 23.1 Å². The molecule has 0 bridgehead atoms. The van der Waals surface area contributed by atoms with Crippen LogP contribution in [0.3, 0.4) is 0 Å². The van der Waals surface area contributed by atoms with E-state index in [0.29, 0.717) is 37.4 Å². The molecule has 2 amide bonds. The first-order chi connectivity index (χ1) is 15.6. The summed E-state index contributed by atoms with van der Waals surface area (Å²) in [7, 11) is 0. The summed E-state index contributed by atoms with van der Waals surface area (Å²) in [6.07, 6.45) is -0.509. The zero-order chi connectivity index (χ0) is 24.2. The van der Waals surface area contributed by atoms with Crippen LogP contribution in [0.15, 0.2) is 18.3 Å². The number of nitrogens with zero attached hydrogens (tertiary/aromatic N) is 5. The molecule has 3 rings (SSSR count). The highest BCUT2D eigenvalue weighted by atomic mass is 19.4. The van der Waals surface area contributed by atoms with E-state index < -0.39 is 23.9 Å². The number of amides is 2. The summed E-state index contributed by atoms with van der Waals surface area (Å²) in [6.45, 7) is 4.19. The lowest BCUT2D eigenvalue weighted by molar-refractivity contribution is -0.145. The molecule has 0 spiro atoms. The van der Waals surface area contributed by atoms with Gasteiger partial charge in [-0.2, -0.15) is 18.3 Å². The lowest BCUT2D eigenvalue weighted by atomic mass is 9.90. The summed E-state index contributed by atoms with van der Waals surface area (Å²) < 4.78 is 38.5. The molecule has 9 nitrogen and oxygen atoms in total. The average Bonchev–Trinajstić information content (AvgIpc) is 2.78. The Morgan fingerprint density at radius 1 is 1.27 bits per heavy atom. The first-order valence-corrected chi connectivity index (χ1v) is 10.6. The van der Waals surface area contributed by atoms with Gasteiger partial charge in [0.15, 0.2) is 5.69 Å². The Morgan fingerprint density at radius 2 is 1.97 bits per heavy atom. The molecule has 178 valence electrons. The van der Waals surface area contributed by atoms with E-state index in [2.05, 4.69) is 25.5 Å². The van der Waals surface area contributed by atoms with Crippen LogP contribution in [0.1, 0.15) is 53.8 Å². The molecule has 1 aliphatic rings. The van der Waals surface area contributed by atoms with Gasteiger partial charge in [0.1, 0.15) is 11.9 Å². The van der Waals surface area contributed by atoms with Gasteiger partial charge in [0.25, 0.3) is 5.91 Å².